The van der Waals surface area contributed by atoms with E-state index in [-0.39, 0.29) is 11.8 Å². The van der Waals surface area contributed by atoms with E-state index in [1.165, 1.54) is 0 Å². The van der Waals surface area contributed by atoms with Crippen LogP contribution in [-0.2, 0) is 9.59 Å². The molecule has 0 aromatic heterocycles. The van der Waals surface area contributed by atoms with Crippen molar-refractivity contribution >= 4 is 11.8 Å². The van der Waals surface area contributed by atoms with Gasteiger partial charge in [-0.05, 0) is 26.2 Å². The van der Waals surface area contributed by atoms with E-state index in [0.717, 1.165) is 6.42 Å². The largest absolute Gasteiger partial charge is 0.354 e. The van der Waals surface area contributed by atoms with Gasteiger partial charge in [0.2, 0.25) is 11.8 Å². The molecule has 0 saturated carbocycles. The molecule has 0 rings (SSSR count). The van der Waals surface area contributed by atoms with E-state index in [9.17, 15) is 9.59 Å². The van der Waals surface area contributed by atoms with Crippen LogP contribution in [0.1, 0.15) is 47.0 Å². The molecule has 5 nitrogen and oxygen atoms in total. The molecule has 0 bridgehead atoms. The zero-order valence-corrected chi connectivity index (χ0v) is 11.7. The van der Waals surface area contributed by atoms with Crippen LogP contribution < -0.4 is 10.6 Å². The van der Waals surface area contributed by atoms with Crippen molar-refractivity contribution in [2.24, 2.45) is 5.41 Å². The van der Waals surface area contributed by atoms with Gasteiger partial charge < -0.3 is 10.6 Å². The van der Waals surface area contributed by atoms with Crippen LogP contribution in [0.2, 0.25) is 0 Å². The Morgan fingerprint density at radius 1 is 1.28 bits per heavy atom. The van der Waals surface area contributed by atoms with Crippen LogP contribution in [0.3, 0.4) is 0 Å². The van der Waals surface area contributed by atoms with Gasteiger partial charge in [-0.15, -0.1) is 0 Å². The van der Waals surface area contributed by atoms with Gasteiger partial charge in [0.05, 0.1) is 6.07 Å². The first-order chi connectivity index (χ1) is 8.47. The minimum absolute atomic E-state index is 0.218. The average molecular weight is 253 g/mol. The summed E-state index contributed by atoms with van der Waals surface area (Å²) in [4.78, 5) is 23.7. The highest BCUT2D eigenvalue weighted by Crippen LogP contribution is 2.25. The summed E-state index contributed by atoms with van der Waals surface area (Å²) >= 11 is 0. The average Bonchev–Trinajstić information content (AvgIpc) is 2.38. The first kappa shape index (κ1) is 16.4. The lowest BCUT2D eigenvalue weighted by Crippen LogP contribution is -2.49. The van der Waals surface area contributed by atoms with Crippen LogP contribution in [0.25, 0.3) is 0 Å². The Labute approximate surface area is 109 Å². The van der Waals surface area contributed by atoms with Crippen molar-refractivity contribution in [1.29, 1.82) is 5.26 Å². The van der Waals surface area contributed by atoms with E-state index in [1.807, 2.05) is 6.92 Å². The number of nitrogens with zero attached hydrogens (tertiary/aromatic N) is 1. The van der Waals surface area contributed by atoms with Crippen LogP contribution in [0.5, 0.6) is 0 Å². The summed E-state index contributed by atoms with van der Waals surface area (Å²) in [6.07, 6.45) is 1.72. The summed E-state index contributed by atoms with van der Waals surface area (Å²) in [6, 6.07) is 1.44. The maximum absolute atomic E-state index is 12.0. The fourth-order valence-electron chi connectivity index (χ4n) is 1.58. The summed E-state index contributed by atoms with van der Waals surface area (Å²) < 4.78 is 0. The molecular weight excluding hydrogens is 230 g/mol. The van der Waals surface area contributed by atoms with Gasteiger partial charge in [0.25, 0.3) is 0 Å². The second-order valence-corrected chi connectivity index (χ2v) is 4.39. The Kier molecular flexibility index (Phi) is 7.03. The smallest absolute Gasteiger partial charge is 0.242 e. The van der Waals surface area contributed by atoms with Crippen molar-refractivity contribution < 1.29 is 9.59 Å². The molecule has 0 heterocycles. The van der Waals surface area contributed by atoms with Gasteiger partial charge in [0.1, 0.15) is 11.5 Å². The first-order valence-electron chi connectivity index (χ1n) is 6.47. The van der Waals surface area contributed by atoms with Crippen LogP contribution >= 0.6 is 0 Å². The third-order valence-corrected chi connectivity index (χ3v) is 3.15. The Hall–Kier alpha value is -1.57. The molecule has 0 aliphatic rings. The molecule has 1 atom stereocenters. The summed E-state index contributed by atoms with van der Waals surface area (Å²) in [5.41, 5.74) is -1.03. The third kappa shape index (κ3) is 4.02. The number of nitrogens with one attached hydrogen (secondary N) is 2. The molecule has 2 amide bonds. The molecule has 2 N–H and O–H groups in total. The van der Waals surface area contributed by atoms with E-state index in [2.05, 4.69) is 16.7 Å². The molecule has 0 aliphatic heterocycles. The number of rotatable bonds is 7. The molecule has 0 aromatic carbocycles. The van der Waals surface area contributed by atoms with Crippen molar-refractivity contribution in [1.82, 2.24) is 10.6 Å². The van der Waals surface area contributed by atoms with Crippen LogP contribution in [-0.4, -0.2) is 24.4 Å². The molecule has 0 spiro atoms. The summed E-state index contributed by atoms with van der Waals surface area (Å²) in [5, 5.41) is 14.4. The molecule has 0 saturated heterocycles. The van der Waals surface area contributed by atoms with Gasteiger partial charge in [-0.3, -0.25) is 9.59 Å². The monoisotopic (exact) mass is 253 g/mol. The lowest BCUT2D eigenvalue weighted by molar-refractivity contribution is -0.133. The summed E-state index contributed by atoms with van der Waals surface area (Å²) in [6.45, 7) is 7.76. The predicted molar refractivity (Wildman–Crippen MR) is 69.5 cm³/mol. The minimum Gasteiger partial charge on any atom is -0.354 e. The molecule has 0 aliphatic carbocycles. The zero-order chi connectivity index (χ0) is 14.2. The lowest BCUT2D eigenvalue weighted by Gasteiger charge is -2.24. The molecule has 0 fully saturated rings. The Morgan fingerprint density at radius 3 is 2.22 bits per heavy atom. The molecule has 102 valence electrons. The van der Waals surface area contributed by atoms with Gasteiger partial charge >= 0.3 is 0 Å². The van der Waals surface area contributed by atoms with Crippen molar-refractivity contribution in [3.63, 3.8) is 0 Å². The number of nitriles is 1. The second kappa shape index (κ2) is 7.70. The van der Waals surface area contributed by atoms with Crippen molar-refractivity contribution in [2.45, 2.75) is 53.0 Å². The number of hydrogen-bond donors (Lipinski definition) is 2. The highest BCUT2D eigenvalue weighted by atomic mass is 16.2. The normalized spacial score (nSPS) is 12.4. The molecule has 0 radical (unpaired) electrons. The van der Waals surface area contributed by atoms with Gasteiger partial charge in [0.15, 0.2) is 0 Å². The summed E-state index contributed by atoms with van der Waals surface area (Å²) in [7, 11) is 0. The molecule has 18 heavy (non-hydrogen) atoms. The number of hydrogen-bond acceptors (Lipinski definition) is 3. The SMILES string of the molecule is CCCNC(=O)C(C)NC(=O)C(C#N)(CC)CC. The van der Waals surface area contributed by atoms with E-state index in [1.54, 1.807) is 20.8 Å². The molecule has 0 aromatic rings. The predicted octanol–water partition coefficient (Wildman–Crippen LogP) is 1.35. The van der Waals surface area contributed by atoms with E-state index in [0.29, 0.717) is 19.4 Å². The van der Waals surface area contributed by atoms with Gasteiger partial charge in [-0.1, -0.05) is 20.8 Å². The summed E-state index contributed by atoms with van der Waals surface area (Å²) in [5.74, 6) is -0.585. The van der Waals surface area contributed by atoms with Crippen LogP contribution in [0.15, 0.2) is 0 Å². The molecule has 5 heteroatoms. The Morgan fingerprint density at radius 2 is 1.83 bits per heavy atom. The van der Waals surface area contributed by atoms with E-state index < -0.39 is 11.5 Å². The van der Waals surface area contributed by atoms with Crippen molar-refractivity contribution in [3.05, 3.63) is 0 Å². The van der Waals surface area contributed by atoms with Gasteiger partial charge in [-0.2, -0.15) is 5.26 Å². The maximum atomic E-state index is 12.0. The fourth-order valence-corrected chi connectivity index (χ4v) is 1.58. The van der Waals surface area contributed by atoms with E-state index in [4.69, 9.17) is 5.26 Å². The highest BCUT2D eigenvalue weighted by molar-refractivity contribution is 5.91. The quantitative estimate of drug-likeness (QED) is 0.718. The van der Waals surface area contributed by atoms with Gasteiger partial charge in [-0.25, -0.2) is 0 Å². The second-order valence-electron chi connectivity index (χ2n) is 4.39. The Bertz CT molecular complexity index is 330. The van der Waals surface area contributed by atoms with Gasteiger partial charge in [0, 0.05) is 6.54 Å². The lowest BCUT2D eigenvalue weighted by atomic mass is 9.83. The maximum Gasteiger partial charge on any atom is 0.242 e. The van der Waals surface area contributed by atoms with Crippen LogP contribution in [0.4, 0.5) is 0 Å². The fraction of sp³-hybridized carbons (Fsp3) is 0.769. The van der Waals surface area contributed by atoms with E-state index >= 15 is 0 Å². The first-order valence-corrected chi connectivity index (χ1v) is 6.47. The number of carbonyl (C=O) groups is 2. The standard InChI is InChI=1S/C13H23N3O2/c1-5-8-15-11(17)10(4)16-12(18)13(6-2,7-3)9-14/h10H,5-8H2,1-4H3,(H,15,17)(H,16,18). The third-order valence-electron chi connectivity index (χ3n) is 3.15. The highest BCUT2D eigenvalue weighted by Gasteiger charge is 2.36. The molecule has 1 unspecified atom stereocenters. The minimum atomic E-state index is -1.03. The molecular formula is C13H23N3O2. The van der Waals surface area contributed by atoms with Crippen molar-refractivity contribution in [2.75, 3.05) is 6.54 Å². The number of carbonyl (C=O) groups excluding carboxylic acids is 2. The Balaban J connectivity index is 4.56. The van der Waals surface area contributed by atoms with Crippen LogP contribution in [0, 0.1) is 16.7 Å². The topological polar surface area (TPSA) is 82.0 Å². The van der Waals surface area contributed by atoms with Crippen molar-refractivity contribution in [3.8, 4) is 6.07 Å². The zero-order valence-electron chi connectivity index (χ0n) is 11.7. The number of amides is 2.